The van der Waals surface area contributed by atoms with E-state index < -0.39 is 0 Å². The van der Waals surface area contributed by atoms with Gasteiger partial charge >= 0.3 is 0 Å². The zero-order valence-electron chi connectivity index (χ0n) is 15.7. The van der Waals surface area contributed by atoms with E-state index in [4.69, 9.17) is 17.0 Å². The van der Waals surface area contributed by atoms with E-state index in [1.165, 1.54) is 0 Å². The standard InChI is InChI=1S/C21H25N3O2S/c1-3-26-19-8-5-4-7-16(19)14-22-21(27)23-17-10-11-18(15(2)13-17)24-12-6-9-20(24)25/h4-5,7-8,10-11,13H,3,6,9,12,14H2,1-2H3,(H2,22,23,27). The molecule has 1 heterocycles. The van der Waals surface area contributed by atoms with Gasteiger partial charge in [-0.25, -0.2) is 0 Å². The Hall–Kier alpha value is -2.60. The second-order valence-electron chi connectivity index (χ2n) is 6.50. The predicted molar refractivity (Wildman–Crippen MR) is 113 cm³/mol. The highest BCUT2D eigenvalue weighted by Gasteiger charge is 2.22. The van der Waals surface area contributed by atoms with Crippen LogP contribution >= 0.6 is 12.2 Å². The molecule has 2 aromatic carbocycles. The second-order valence-corrected chi connectivity index (χ2v) is 6.91. The summed E-state index contributed by atoms with van der Waals surface area (Å²) in [7, 11) is 0. The molecule has 0 saturated carbocycles. The van der Waals surface area contributed by atoms with E-state index in [2.05, 4.69) is 10.6 Å². The van der Waals surface area contributed by atoms with Gasteiger partial charge in [0.25, 0.3) is 0 Å². The molecule has 0 bridgehead atoms. The van der Waals surface area contributed by atoms with Crippen LogP contribution in [0.25, 0.3) is 0 Å². The molecule has 0 atom stereocenters. The van der Waals surface area contributed by atoms with E-state index in [0.29, 0.717) is 24.7 Å². The Morgan fingerprint density at radius 1 is 1.26 bits per heavy atom. The summed E-state index contributed by atoms with van der Waals surface area (Å²) in [5.74, 6) is 1.06. The minimum absolute atomic E-state index is 0.198. The van der Waals surface area contributed by atoms with Crippen LogP contribution in [0.3, 0.4) is 0 Å². The lowest BCUT2D eigenvalue weighted by Crippen LogP contribution is -2.28. The van der Waals surface area contributed by atoms with Crippen molar-refractivity contribution in [1.82, 2.24) is 5.32 Å². The minimum atomic E-state index is 0.198. The fourth-order valence-electron chi connectivity index (χ4n) is 3.24. The summed E-state index contributed by atoms with van der Waals surface area (Å²) < 4.78 is 5.64. The summed E-state index contributed by atoms with van der Waals surface area (Å²) in [5, 5.41) is 6.97. The van der Waals surface area contributed by atoms with E-state index in [0.717, 1.165) is 41.2 Å². The molecule has 0 aliphatic carbocycles. The number of nitrogens with zero attached hydrogens (tertiary/aromatic N) is 1. The summed E-state index contributed by atoms with van der Waals surface area (Å²) in [5.41, 5.74) is 3.99. The molecule has 1 aliphatic heterocycles. The van der Waals surface area contributed by atoms with Crippen LogP contribution in [-0.2, 0) is 11.3 Å². The van der Waals surface area contributed by atoms with E-state index in [-0.39, 0.29) is 5.91 Å². The Bertz CT molecular complexity index is 838. The Morgan fingerprint density at radius 3 is 2.78 bits per heavy atom. The highest BCUT2D eigenvalue weighted by Crippen LogP contribution is 2.27. The Labute approximate surface area is 165 Å². The monoisotopic (exact) mass is 383 g/mol. The molecular formula is C21H25N3O2S. The first kappa shape index (κ1) is 19.2. The lowest BCUT2D eigenvalue weighted by Gasteiger charge is -2.19. The minimum Gasteiger partial charge on any atom is -0.494 e. The fourth-order valence-corrected chi connectivity index (χ4v) is 3.43. The average Bonchev–Trinajstić information content (AvgIpc) is 3.07. The van der Waals surface area contributed by atoms with Crippen LogP contribution in [0.1, 0.15) is 30.9 Å². The number of aryl methyl sites for hydroxylation is 1. The molecule has 142 valence electrons. The Kier molecular flexibility index (Phi) is 6.29. The van der Waals surface area contributed by atoms with Gasteiger partial charge in [-0.05, 0) is 62.3 Å². The van der Waals surface area contributed by atoms with E-state index >= 15 is 0 Å². The fraction of sp³-hybridized carbons (Fsp3) is 0.333. The van der Waals surface area contributed by atoms with Gasteiger partial charge in [0.15, 0.2) is 5.11 Å². The molecule has 3 rings (SSSR count). The van der Waals surface area contributed by atoms with Gasteiger partial charge in [-0.3, -0.25) is 4.79 Å². The average molecular weight is 384 g/mol. The smallest absolute Gasteiger partial charge is 0.227 e. The molecule has 5 nitrogen and oxygen atoms in total. The maximum atomic E-state index is 12.0. The van der Waals surface area contributed by atoms with Crippen molar-refractivity contribution in [1.29, 1.82) is 0 Å². The first-order valence-corrected chi connectivity index (χ1v) is 9.66. The number of hydrogen-bond donors (Lipinski definition) is 2. The van der Waals surface area contributed by atoms with Gasteiger partial charge < -0.3 is 20.3 Å². The molecule has 1 saturated heterocycles. The van der Waals surface area contributed by atoms with Crippen molar-refractivity contribution in [2.45, 2.75) is 33.2 Å². The van der Waals surface area contributed by atoms with Crippen LogP contribution in [0.5, 0.6) is 5.75 Å². The molecule has 6 heteroatoms. The lowest BCUT2D eigenvalue weighted by atomic mass is 10.1. The van der Waals surface area contributed by atoms with E-state index in [9.17, 15) is 4.79 Å². The zero-order valence-corrected chi connectivity index (χ0v) is 16.6. The lowest BCUT2D eigenvalue weighted by molar-refractivity contribution is -0.117. The molecule has 0 aromatic heterocycles. The SMILES string of the molecule is CCOc1ccccc1CNC(=S)Nc1ccc(N2CCCC2=O)c(C)c1. The molecule has 0 spiro atoms. The number of amides is 1. The van der Waals surface area contributed by atoms with Crippen LogP contribution in [0, 0.1) is 6.92 Å². The normalized spacial score (nSPS) is 13.6. The van der Waals surface area contributed by atoms with E-state index in [1.807, 2.05) is 61.2 Å². The van der Waals surface area contributed by atoms with Gasteiger partial charge in [0.1, 0.15) is 5.75 Å². The van der Waals surface area contributed by atoms with Crippen LogP contribution in [0.4, 0.5) is 11.4 Å². The number of hydrogen-bond acceptors (Lipinski definition) is 3. The summed E-state index contributed by atoms with van der Waals surface area (Å²) >= 11 is 5.42. The molecule has 27 heavy (non-hydrogen) atoms. The van der Waals surface area contributed by atoms with E-state index in [1.54, 1.807) is 0 Å². The maximum Gasteiger partial charge on any atom is 0.227 e. The summed E-state index contributed by atoms with van der Waals surface area (Å²) in [4.78, 5) is 13.8. The van der Waals surface area contributed by atoms with Crippen molar-refractivity contribution in [3.8, 4) is 5.75 Å². The molecule has 1 fully saturated rings. The number of rotatable bonds is 6. The Morgan fingerprint density at radius 2 is 2.07 bits per heavy atom. The van der Waals surface area contributed by atoms with Gasteiger partial charge in [-0.1, -0.05) is 18.2 Å². The molecule has 1 aliphatic rings. The summed E-state index contributed by atoms with van der Waals surface area (Å²) in [6, 6.07) is 13.9. The topological polar surface area (TPSA) is 53.6 Å². The Balaban J connectivity index is 1.60. The van der Waals surface area contributed by atoms with Crippen LogP contribution in [0.15, 0.2) is 42.5 Å². The van der Waals surface area contributed by atoms with Crippen LogP contribution in [-0.4, -0.2) is 24.2 Å². The number of benzene rings is 2. The summed E-state index contributed by atoms with van der Waals surface area (Å²) in [6.07, 6.45) is 1.56. The number of carbonyl (C=O) groups is 1. The van der Waals surface area contributed by atoms with Gasteiger partial charge in [0.05, 0.1) is 6.61 Å². The molecule has 2 aromatic rings. The predicted octanol–water partition coefficient (Wildman–Crippen LogP) is 4.01. The molecule has 0 unspecified atom stereocenters. The van der Waals surface area contributed by atoms with Crippen molar-refractivity contribution in [3.63, 3.8) is 0 Å². The van der Waals surface area contributed by atoms with Crippen LogP contribution < -0.4 is 20.3 Å². The van der Waals surface area contributed by atoms with Crippen LogP contribution in [0.2, 0.25) is 0 Å². The summed E-state index contributed by atoms with van der Waals surface area (Å²) in [6.45, 7) is 6.00. The highest BCUT2D eigenvalue weighted by atomic mass is 32.1. The number of ether oxygens (including phenoxy) is 1. The number of thiocarbonyl (C=S) groups is 1. The third kappa shape index (κ3) is 4.77. The van der Waals surface area contributed by atoms with Gasteiger partial charge in [-0.2, -0.15) is 0 Å². The van der Waals surface area contributed by atoms with Crippen molar-refractivity contribution >= 4 is 34.6 Å². The number of carbonyl (C=O) groups excluding carboxylic acids is 1. The van der Waals surface area contributed by atoms with Gasteiger partial charge in [0.2, 0.25) is 5.91 Å². The quantitative estimate of drug-likeness (QED) is 0.739. The number of nitrogens with one attached hydrogen (secondary N) is 2. The molecular weight excluding hydrogens is 358 g/mol. The third-order valence-electron chi connectivity index (χ3n) is 4.53. The van der Waals surface area contributed by atoms with Gasteiger partial charge in [-0.15, -0.1) is 0 Å². The first-order chi connectivity index (χ1) is 13.1. The number of anilines is 2. The van der Waals surface area contributed by atoms with Crippen molar-refractivity contribution in [3.05, 3.63) is 53.6 Å². The first-order valence-electron chi connectivity index (χ1n) is 9.25. The third-order valence-corrected chi connectivity index (χ3v) is 4.78. The van der Waals surface area contributed by atoms with Crippen molar-refractivity contribution in [2.75, 3.05) is 23.4 Å². The maximum absolute atomic E-state index is 12.0. The second kappa shape index (κ2) is 8.86. The molecule has 0 radical (unpaired) electrons. The van der Waals surface area contributed by atoms with Crippen molar-refractivity contribution < 1.29 is 9.53 Å². The zero-order chi connectivity index (χ0) is 19.2. The largest absolute Gasteiger partial charge is 0.494 e. The van der Waals surface area contributed by atoms with Crippen molar-refractivity contribution in [2.24, 2.45) is 0 Å². The molecule has 1 amide bonds. The number of para-hydroxylation sites is 1. The molecule has 2 N–H and O–H groups in total. The van der Waals surface area contributed by atoms with Gasteiger partial charge in [0, 0.05) is 36.4 Å². The highest BCUT2D eigenvalue weighted by molar-refractivity contribution is 7.80.